The summed E-state index contributed by atoms with van der Waals surface area (Å²) in [7, 11) is 0. The van der Waals surface area contributed by atoms with Gasteiger partial charge >= 0.3 is 5.97 Å². The number of carbonyl (C=O) groups is 2. The molecule has 0 spiro atoms. The largest absolute Gasteiger partial charge is 0.479 e. The van der Waals surface area contributed by atoms with E-state index in [9.17, 15) is 9.59 Å². The Morgan fingerprint density at radius 3 is 2.75 bits per heavy atom. The highest BCUT2D eigenvalue weighted by molar-refractivity contribution is 9.10. The zero-order chi connectivity index (χ0) is 12.1. The summed E-state index contributed by atoms with van der Waals surface area (Å²) in [4.78, 5) is 27.0. The molecule has 0 aliphatic heterocycles. The lowest BCUT2D eigenvalue weighted by atomic mass is 10.1. The van der Waals surface area contributed by atoms with Gasteiger partial charge in [-0.3, -0.25) is 9.78 Å². The first-order valence-corrected chi connectivity index (χ1v) is 5.44. The fourth-order valence-corrected chi connectivity index (χ4v) is 1.54. The van der Waals surface area contributed by atoms with Crippen LogP contribution in [0.25, 0.3) is 0 Å². The lowest BCUT2D eigenvalue weighted by Gasteiger charge is -2.22. The minimum absolute atomic E-state index is 0.318. The van der Waals surface area contributed by atoms with Crippen LogP contribution in [0, 0.1) is 0 Å². The van der Waals surface area contributed by atoms with Crippen LogP contribution in [-0.4, -0.2) is 33.9 Å². The summed E-state index contributed by atoms with van der Waals surface area (Å²) in [5, 5.41) is 9.08. The highest BCUT2D eigenvalue weighted by Gasteiger charge is 2.26. The third-order valence-corrected chi connectivity index (χ3v) is 2.57. The van der Waals surface area contributed by atoms with E-state index >= 15 is 0 Å². The van der Waals surface area contributed by atoms with E-state index in [4.69, 9.17) is 5.11 Å². The molecule has 1 aromatic rings. The van der Waals surface area contributed by atoms with Crippen molar-refractivity contribution in [2.24, 2.45) is 0 Å². The molecule has 0 saturated carbocycles. The van der Waals surface area contributed by atoms with Gasteiger partial charge in [-0.2, -0.15) is 0 Å². The molecule has 1 unspecified atom stereocenters. The topological polar surface area (TPSA) is 70.5 Å². The van der Waals surface area contributed by atoms with E-state index in [1.807, 2.05) is 0 Å². The molecule has 16 heavy (non-hydrogen) atoms. The molecule has 0 bridgehead atoms. The first-order chi connectivity index (χ1) is 7.60. The number of hydrogen-bond donors (Lipinski definition) is 1. The molecule has 1 amide bonds. The van der Waals surface area contributed by atoms with Crippen molar-refractivity contribution >= 4 is 28.3 Å². The van der Waals surface area contributed by atoms with Crippen molar-refractivity contribution in [2.45, 2.75) is 13.0 Å². The SMILES string of the molecule is CCN(C=O)C(C(=O)O)c1ccc(Br)cn1. The third-order valence-electron chi connectivity index (χ3n) is 2.10. The number of hydrogen-bond acceptors (Lipinski definition) is 3. The normalized spacial score (nSPS) is 11.9. The van der Waals surface area contributed by atoms with Crippen LogP contribution < -0.4 is 0 Å². The van der Waals surface area contributed by atoms with E-state index in [1.165, 1.54) is 11.1 Å². The zero-order valence-electron chi connectivity index (χ0n) is 8.63. The van der Waals surface area contributed by atoms with Gasteiger partial charge in [0.15, 0.2) is 6.04 Å². The van der Waals surface area contributed by atoms with Gasteiger partial charge in [0.2, 0.25) is 6.41 Å². The van der Waals surface area contributed by atoms with Gasteiger partial charge in [-0.1, -0.05) is 0 Å². The molecule has 0 saturated heterocycles. The summed E-state index contributed by atoms with van der Waals surface area (Å²) in [5.41, 5.74) is 0.338. The number of likely N-dealkylation sites (N-methyl/N-ethyl adjacent to an activating group) is 1. The van der Waals surface area contributed by atoms with Gasteiger partial charge in [0.1, 0.15) is 0 Å². The summed E-state index contributed by atoms with van der Waals surface area (Å²) in [6.45, 7) is 2.03. The summed E-state index contributed by atoms with van der Waals surface area (Å²) < 4.78 is 0.759. The fraction of sp³-hybridized carbons (Fsp3) is 0.300. The molecule has 6 heteroatoms. The Hall–Kier alpha value is -1.43. The number of nitrogens with zero attached hydrogens (tertiary/aromatic N) is 2. The van der Waals surface area contributed by atoms with Crippen LogP contribution >= 0.6 is 15.9 Å². The number of aliphatic carboxylic acids is 1. The average molecular weight is 287 g/mol. The van der Waals surface area contributed by atoms with E-state index in [1.54, 1.807) is 19.1 Å². The van der Waals surface area contributed by atoms with Crippen molar-refractivity contribution in [3.63, 3.8) is 0 Å². The van der Waals surface area contributed by atoms with Crippen LogP contribution in [0.3, 0.4) is 0 Å². The third kappa shape index (κ3) is 2.79. The number of amides is 1. The summed E-state index contributed by atoms with van der Waals surface area (Å²) in [6, 6.07) is 2.24. The first-order valence-electron chi connectivity index (χ1n) is 4.65. The number of pyridine rings is 1. The number of aromatic nitrogens is 1. The van der Waals surface area contributed by atoms with Crippen LogP contribution in [0.15, 0.2) is 22.8 Å². The second kappa shape index (κ2) is 5.60. The number of carboxylic acid groups (broad SMARTS) is 1. The van der Waals surface area contributed by atoms with E-state index in [0.717, 1.165) is 4.47 Å². The lowest BCUT2D eigenvalue weighted by Crippen LogP contribution is -2.33. The number of rotatable bonds is 5. The van der Waals surface area contributed by atoms with Gasteiger partial charge in [-0.05, 0) is 35.0 Å². The number of halogens is 1. The standard InChI is InChI=1S/C10H11BrN2O3/c1-2-13(6-14)9(10(15)16)8-4-3-7(11)5-12-8/h3-6,9H,2H2,1H3,(H,15,16). The molecule has 0 aliphatic rings. The molecule has 0 radical (unpaired) electrons. The van der Waals surface area contributed by atoms with Gasteiger partial charge in [0, 0.05) is 17.2 Å². The Kier molecular flexibility index (Phi) is 4.42. The first kappa shape index (κ1) is 12.6. The fourth-order valence-electron chi connectivity index (χ4n) is 1.31. The van der Waals surface area contributed by atoms with Crippen molar-refractivity contribution in [1.29, 1.82) is 0 Å². The van der Waals surface area contributed by atoms with Crippen LogP contribution in [0.2, 0.25) is 0 Å². The number of carboxylic acids is 1. The second-order valence-corrected chi connectivity index (χ2v) is 3.99. The van der Waals surface area contributed by atoms with Crippen molar-refractivity contribution in [2.75, 3.05) is 6.54 Å². The summed E-state index contributed by atoms with van der Waals surface area (Å²) in [6.07, 6.45) is 2.02. The maximum atomic E-state index is 11.1. The Balaban J connectivity index is 3.06. The minimum atomic E-state index is -1.09. The van der Waals surface area contributed by atoms with E-state index < -0.39 is 12.0 Å². The molecule has 1 atom stereocenters. The predicted octanol–water partition coefficient (Wildman–Crippen LogP) is 1.45. The smallest absolute Gasteiger partial charge is 0.332 e. The van der Waals surface area contributed by atoms with Crippen LogP contribution in [0.5, 0.6) is 0 Å². The summed E-state index contributed by atoms with van der Waals surface area (Å²) in [5.74, 6) is -1.09. The molecule has 1 N–H and O–H groups in total. The van der Waals surface area contributed by atoms with Crippen molar-refractivity contribution in [3.8, 4) is 0 Å². The molecule has 5 nitrogen and oxygen atoms in total. The molecule has 0 fully saturated rings. The molecule has 0 aromatic carbocycles. The molecule has 1 heterocycles. The van der Waals surface area contributed by atoms with Crippen LogP contribution in [0.1, 0.15) is 18.7 Å². The average Bonchev–Trinajstić information content (AvgIpc) is 2.27. The molecule has 86 valence electrons. The van der Waals surface area contributed by atoms with Crippen molar-refractivity contribution in [3.05, 3.63) is 28.5 Å². The van der Waals surface area contributed by atoms with E-state index in [0.29, 0.717) is 18.6 Å². The van der Waals surface area contributed by atoms with Gasteiger partial charge in [0.25, 0.3) is 0 Å². The van der Waals surface area contributed by atoms with Crippen LogP contribution in [0.4, 0.5) is 0 Å². The highest BCUT2D eigenvalue weighted by Crippen LogP contribution is 2.19. The Bertz CT molecular complexity index is 380. The zero-order valence-corrected chi connectivity index (χ0v) is 10.2. The predicted molar refractivity (Wildman–Crippen MR) is 60.8 cm³/mol. The maximum Gasteiger partial charge on any atom is 0.332 e. The Morgan fingerprint density at radius 1 is 1.69 bits per heavy atom. The van der Waals surface area contributed by atoms with Gasteiger partial charge in [-0.25, -0.2) is 4.79 Å². The van der Waals surface area contributed by atoms with Crippen molar-refractivity contribution in [1.82, 2.24) is 9.88 Å². The monoisotopic (exact) mass is 286 g/mol. The van der Waals surface area contributed by atoms with Crippen LogP contribution in [-0.2, 0) is 9.59 Å². The van der Waals surface area contributed by atoms with Gasteiger partial charge in [0.05, 0.1) is 5.69 Å². The molecule has 1 rings (SSSR count). The minimum Gasteiger partial charge on any atom is -0.479 e. The highest BCUT2D eigenvalue weighted by atomic mass is 79.9. The second-order valence-electron chi connectivity index (χ2n) is 3.08. The van der Waals surface area contributed by atoms with E-state index in [-0.39, 0.29) is 0 Å². The molecule has 1 aromatic heterocycles. The molecular weight excluding hydrogens is 276 g/mol. The maximum absolute atomic E-state index is 11.1. The van der Waals surface area contributed by atoms with Gasteiger partial charge in [-0.15, -0.1) is 0 Å². The molecule has 0 aliphatic carbocycles. The molecular formula is C10H11BrN2O3. The lowest BCUT2D eigenvalue weighted by molar-refractivity contribution is -0.146. The van der Waals surface area contributed by atoms with E-state index in [2.05, 4.69) is 20.9 Å². The van der Waals surface area contributed by atoms with Crippen molar-refractivity contribution < 1.29 is 14.7 Å². The summed E-state index contributed by atoms with van der Waals surface area (Å²) >= 11 is 3.21. The number of carbonyl (C=O) groups excluding carboxylic acids is 1. The Labute approximate surface area is 101 Å². The quantitative estimate of drug-likeness (QED) is 0.832. The van der Waals surface area contributed by atoms with Gasteiger partial charge < -0.3 is 10.0 Å². The Morgan fingerprint density at radius 2 is 2.38 bits per heavy atom.